The molecule has 1 aliphatic carbocycles. The summed E-state index contributed by atoms with van der Waals surface area (Å²) < 4.78 is 0. The second-order valence-electron chi connectivity index (χ2n) is 4.90. The number of fused-ring (bicyclic) bond motifs is 1. The number of benzene rings is 1. The summed E-state index contributed by atoms with van der Waals surface area (Å²) in [6.07, 6.45) is 1.06. The van der Waals surface area contributed by atoms with E-state index in [9.17, 15) is 19.7 Å². The molecule has 1 atom stereocenters. The zero-order valence-corrected chi connectivity index (χ0v) is 9.43. The zero-order chi connectivity index (χ0) is 12.9. The molecule has 0 aromatic heterocycles. The summed E-state index contributed by atoms with van der Waals surface area (Å²) in [5, 5.41) is 13.0. The van der Waals surface area contributed by atoms with Crippen molar-refractivity contribution in [2.75, 3.05) is 0 Å². The Labute approximate surface area is 102 Å². The number of nitrogens with zero attached hydrogens (tertiary/aromatic N) is 1. The van der Waals surface area contributed by atoms with E-state index in [1.54, 1.807) is 6.07 Å². The lowest BCUT2D eigenvalue weighted by atomic mass is 9.83. The van der Waals surface area contributed by atoms with Crippen LogP contribution in [0.2, 0.25) is 0 Å². The predicted molar refractivity (Wildman–Crippen MR) is 60.7 cm³/mol. The summed E-state index contributed by atoms with van der Waals surface area (Å²) >= 11 is 0. The van der Waals surface area contributed by atoms with Crippen LogP contribution < -0.4 is 5.32 Å². The molecule has 1 saturated heterocycles. The van der Waals surface area contributed by atoms with E-state index in [0.717, 1.165) is 11.1 Å². The fourth-order valence-corrected chi connectivity index (χ4v) is 2.83. The van der Waals surface area contributed by atoms with Crippen molar-refractivity contribution < 1.29 is 14.5 Å². The van der Waals surface area contributed by atoms with Crippen molar-refractivity contribution in [3.05, 3.63) is 39.4 Å². The van der Waals surface area contributed by atoms with Gasteiger partial charge in [0.25, 0.3) is 5.69 Å². The minimum Gasteiger partial charge on any atom is -0.296 e. The molecule has 0 saturated carbocycles. The Morgan fingerprint density at radius 2 is 1.89 bits per heavy atom. The topological polar surface area (TPSA) is 89.3 Å². The molecule has 1 fully saturated rings. The van der Waals surface area contributed by atoms with Crippen LogP contribution in [0.15, 0.2) is 18.2 Å². The average molecular weight is 246 g/mol. The van der Waals surface area contributed by atoms with Crippen molar-refractivity contribution in [2.45, 2.75) is 19.3 Å². The smallest absolute Gasteiger partial charge is 0.269 e. The van der Waals surface area contributed by atoms with Gasteiger partial charge in [-0.2, -0.15) is 0 Å². The molecule has 2 amide bonds. The zero-order valence-electron chi connectivity index (χ0n) is 9.43. The van der Waals surface area contributed by atoms with Gasteiger partial charge >= 0.3 is 0 Å². The molecule has 6 nitrogen and oxygen atoms in total. The number of hydrogen-bond acceptors (Lipinski definition) is 4. The maximum Gasteiger partial charge on any atom is 0.269 e. The summed E-state index contributed by atoms with van der Waals surface area (Å²) in [5.74, 6) is -0.520. The van der Waals surface area contributed by atoms with Gasteiger partial charge in [-0.15, -0.1) is 0 Å². The molecule has 1 unspecified atom stereocenters. The molecule has 2 aliphatic rings. The number of hydrogen-bond donors (Lipinski definition) is 1. The van der Waals surface area contributed by atoms with E-state index in [2.05, 4.69) is 5.32 Å². The maximum absolute atomic E-state index is 11.8. The number of imide groups is 1. The van der Waals surface area contributed by atoms with E-state index in [-0.39, 0.29) is 23.9 Å². The van der Waals surface area contributed by atoms with E-state index in [4.69, 9.17) is 0 Å². The van der Waals surface area contributed by atoms with Crippen LogP contribution in [0.3, 0.4) is 0 Å². The third-order valence-electron chi connectivity index (χ3n) is 3.69. The summed E-state index contributed by atoms with van der Waals surface area (Å²) in [7, 11) is 0. The van der Waals surface area contributed by atoms with Gasteiger partial charge in [-0.1, -0.05) is 6.07 Å². The molecule has 6 heteroatoms. The van der Waals surface area contributed by atoms with E-state index >= 15 is 0 Å². The van der Waals surface area contributed by atoms with Gasteiger partial charge < -0.3 is 0 Å². The van der Waals surface area contributed by atoms with Crippen molar-refractivity contribution in [1.29, 1.82) is 0 Å². The Hall–Kier alpha value is -2.24. The van der Waals surface area contributed by atoms with Crippen LogP contribution >= 0.6 is 0 Å². The summed E-state index contributed by atoms with van der Waals surface area (Å²) in [6.45, 7) is 0. The van der Waals surface area contributed by atoms with Crippen LogP contribution in [0.1, 0.15) is 17.5 Å². The molecule has 1 N–H and O–H groups in total. The third-order valence-corrected chi connectivity index (χ3v) is 3.69. The van der Waals surface area contributed by atoms with E-state index in [0.29, 0.717) is 12.8 Å². The van der Waals surface area contributed by atoms with E-state index < -0.39 is 10.3 Å². The number of nitro benzene ring substituents is 1. The second-order valence-corrected chi connectivity index (χ2v) is 4.90. The van der Waals surface area contributed by atoms with Gasteiger partial charge in [-0.05, 0) is 24.0 Å². The monoisotopic (exact) mass is 246 g/mol. The predicted octanol–water partition coefficient (Wildman–Crippen LogP) is 0.726. The molecule has 0 bridgehead atoms. The first kappa shape index (κ1) is 10.9. The Kier molecular flexibility index (Phi) is 2.04. The SMILES string of the molecule is O=C1CC2(Cc3ccc([N+](=O)[O-])cc3C2)C(=O)N1. The van der Waals surface area contributed by atoms with Crippen molar-refractivity contribution in [1.82, 2.24) is 5.32 Å². The average Bonchev–Trinajstić information content (AvgIpc) is 2.78. The minimum atomic E-state index is -0.714. The standard InChI is InChI=1S/C12H10N2O4/c15-10-6-12(11(16)13-10)4-7-1-2-9(14(17)18)3-8(7)5-12/h1-3H,4-6H2,(H,13,15,16). The first-order chi connectivity index (χ1) is 8.50. The van der Waals surface area contributed by atoms with Gasteiger partial charge in [0.15, 0.2) is 0 Å². The quantitative estimate of drug-likeness (QED) is 0.449. The fourth-order valence-electron chi connectivity index (χ4n) is 2.83. The van der Waals surface area contributed by atoms with E-state index in [1.807, 2.05) is 0 Å². The van der Waals surface area contributed by atoms with Gasteiger partial charge in [0.1, 0.15) is 0 Å². The highest BCUT2D eigenvalue weighted by Crippen LogP contribution is 2.43. The summed E-state index contributed by atoms with van der Waals surface area (Å²) in [5.41, 5.74) is 1.03. The molecule has 1 aliphatic heterocycles. The lowest BCUT2D eigenvalue weighted by Crippen LogP contribution is -2.32. The van der Waals surface area contributed by atoms with Crippen LogP contribution in [-0.2, 0) is 22.4 Å². The highest BCUT2D eigenvalue weighted by atomic mass is 16.6. The van der Waals surface area contributed by atoms with Crippen LogP contribution in [0.25, 0.3) is 0 Å². The molecule has 0 radical (unpaired) electrons. The van der Waals surface area contributed by atoms with Gasteiger partial charge in [-0.3, -0.25) is 25.0 Å². The van der Waals surface area contributed by atoms with Crippen LogP contribution in [0.5, 0.6) is 0 Å². The highest BCUT2D eigenvalue weighted by Gasteiger charge is 2.50. The fraction of sp³-hybridized carbons (Fsp3) is 0.333. The molecule has 1 spiro atoms. The normalized spacial score (nSPS) is 25.3. The number of non-ortho nitro benzene ring substituents is 1. The molecule has 92 valence electrons. The summed E-state index contributed by atoms with van der Waals surface area (Å²) in [6, 6.07) is 4.62. The van der Waals surface area contributed by atoms with Crippen molar-refractivity contribution in [3.8, 4) is 0 Å². The minimum absolute atomic E-state index is 0.0236. The van der Waals surface area contributed by atoms with Crippen LogP contribution in [-0.4, -0.2) is 16.7 Å². The lowest BCUT2D eigenvalue weighted by Gasteiger charge is -2.16. The van der Waals surface area contributed by atoms with Gasteiger partial charge in [0.05, 0.1) is 10.3 Å². The lowest BCUT2D eigenvalue weighted by molar-refractivity contribution is -0.384. The number of carbonyl (C=O) groups excluding carboxylic acids is 2. The third kappa shape index (κ3) is 1.42. The van der Waals surface area contributed by atoms with Gasteiger partial charge in [0.2, 0.25) is 11.8 Å². The Balaban J connectivity index is 1.98. The number of nitrogens with one attached hydrogen (secondary N) is 1. The van der Waals surface area contributed by atoms with Gasteiger partial charge in [0, 0.05) is 18.6 Å². The number of nitro groups is 1. The summed E-state index contributed by atoms with van der Waals surface area (Å²) in [4.78, 5) is 33.4. The van der Waals surface area contributed by atoms with Crippen molar-refractivity contribution in [3.63, 3.8) is 0 Å². The first-order valence-electron chi connectivity index (χ1n) is 5.61. The van der Waals surface area contributed by atoms with Crippen LogP contribution in [0.4, 0.5) is 5.69 Å². The number of amides is 2. The second kappa shape index (κ2) is 3.38. The molecular weight excluding hydrogens is 236 g/mol. The van der Waals surface area contributed by atoms with E-state index in [1.165, 1.54) is 12.1 Å². The first-order valence-corrected chi connectivity index (χ1v) is 5.61. The van der Waals surface area contributed by atoms with Crippen LogP contribution in [0, 0.1) is 15.5 Å². The Bertz CT molecular complexity index is 596. The molecule has 1 heterocycles. The Morgan fingerprint density at radius 1 is 1.17 bits per heavy atom. The number of rotatable bonds is 1. The Morgan fingerprint density at radius 3 is 2.50 bits per heavy atom. The number of carbonyl (C=O) groups is 2. The molecule has 18 heavy (non-hydrogen) atoms. The highest BCUT2D eigenvalue weighted by molar-refractivity contribution is 6.06. The largest absolute Gasteiger partial charge is 0.296 e. The molecule has 1 aromatic rings. The molecule has 3 rings (SSSR count). The molecular formula is C12H10N2O4. The maximum atomic E-state index is 11.8. The van der Waals surface area contributed by atoms with Crippen molar-refractivity contribution in [2.24, 2.45) is 5.41 Å². The van der Waals surface area contributed by atoms with Gasteiger partial charge in [-0.25, -0.2) is 0 Å². The van der Waals surface area contributed by atoms with Crippen molar-refractivity contribution >= 4 is 17.5 Å². The molecule has 1 aromatic carbocycles.